The largest absolute Gasteiger partial charge is 0.309 e. The van der Waals surface area contributed by atoms with Gasteiger partial charge in [0.2, 0.25) is 0 Å². The van der Waals surface area contributed by atoms with Crippen molar-refractivity contribution in [1.82, 2.24) is 10.3 Å². The van der Waals surface area contributed by atoms with Crippen LogP contribution in [0.1, 0.15) is 30.1 Å². The first-order valence-corrected chi connectivity index (χ1v) is 7.47. The van der Waals surface area contributed by atoms with E-state index in [1.807, 2.05) is 6.92 Å². The van der Waals surface area contributed by atoms with Crippen LogP contribution in [0, 0.1) is 17.0 Å². The predicted octanol–water partition coefficient (Wildman–Crippen LogP) is 3.45. The van der Waals surface area contributed by atoms with Crippen LogP contribution in [0.2, 0.25) is 0 Å². The number of hydrogen-bond donors (Lipinski definition) is 1. The van der Waals surface area contributed by atoms with Gasteiger partial charge in [0, 0.05) is 23.1 Å². The number of aryl methyl sites for hydroxylation is 1. The molecule has 20 heavy (non-hydrogen) atoms. The minimum absolute atomic E-state index is 0.112. The number of hydrogen-bond acceptors (Lipinski definition) is 5. The van der Waals surface area contributed by atoms with E-state index < -0.39 is 0 Å². The summed E-state index contributed by atoms with van der Waals surface area (Å²) in [5, 5.41) is 17.2. The van der Waals surface area contributed by atoms with E-state index in [9.17, 15) is 10.1 Å². The Labute approximate surface area is 120 Å². The lowest BCUT2D eigenvalue weighted by Crippen LogP contribution is -2.12. The minimum atomic E-state index is -0.365. The summed E-state index contributed by atoms with van der Waals surface area (Å²) in [6.07, 6.45) is 2.28. The predicted molar refractivity (Wildman–Crippen MR) is 78.9 cm³/mol. The van der Waals surface area contributed by atoms with Crippen molar-refractivity contribution in [2.75, 3.05) is 6.54 Å². The zero-order chi connectivity index (χ0) is 14.1. The van der Waals surface area contributed by atoms with Crippen molar-refractivity contribution in [3.63, 3.8) is 0 Å². The third kappa shape index (κ3) is 2.44. The first-order valence-electron chi connectivity index (χ1n) is 6.59. The summed E-state index contributed by atoms with van der Waals surface area (Å²) in [7, 11) is 0. The molecule has 0 bridgehead atoms. The van der Waals surface area contributed by atoms with Gasteiger partial charge in [0.15, 0.2) is 0 Å². The average Bonchev–Trinajstić information content (AvgIpc) is 3.10. The van der Waals surface area contributed by atoms with Crippen molar-refractivity contribution in [2.24, 2.45) is 0 Å². The Balaban J connectivity index is 1.96. The Hall–Kier alpha value is -1.79. The number of nitro benzene ring substituents is 1. The maximum Gasteiger partial charge on any atom is 0.270 e. The molecule has 104 valence electrons. The highest BCUT2D eigenvalue weighted by molar-refractivity contribution is 7.13. The van der Waals surface area contributed by atoms with Crippen LogP contribution >= 0.6 is 11.3 Å². The van der Waals surface area contributed by atoms with Crippen molar-refractivity contribution < 1.29 is 4.92 Å². The summed E-state index contributed by atoms with van der Waals surface area (Å²) >= 11 is 1.55. The lowest BCUT2D eigenvalue weighted by Gasteiger charge is -2.05. The van der Waals surface area contributed by atoms with Gasteiger partial charge in [-0.1, -0.05) is 6.07 Å². The van der Waals surface area contributed by atoms with Crippen LogP contribution in [-0.2, 0) is 0 Å². The maximum atomic E-state index is 10.9. The number of nitro groups is 1. The molecule has 1 aromatic heterocycles. The highest BCUT2D eigenvalue weighted by atomic mass is 32.1. The van der Waals surface area contributed by atoms with E-state index in [2.05, 4.69) is 15.7 Å². The van der Waals surface area contributed by atoms with Gasteiger partial charge >= 0.3 is 0 Å². The zero-order valence-electron chi connectivity index (χ0n) is 11.1. The van der Waals surface area contributed by atoms with Gasteiger partial charge in [0.25, 0.3) is 5.69 Å². The van der Waals surface area contributed by atoms with Gasteiger partial charge in [-0.15, -0.1) is 11.3 Å². The third-order valence-electron chi connectivity index (χ3n) is 3.60. The number of non-ortho nitro benzene ring substituents is 1. The molecule has 1 aliphatic rings. The zero-order valence-corrected chi connectivity index (χ0v) is 11.9. The second-order valence-electron chi connectivity index (χ2n) is 4.98. The molecule has 5 nitrogen and oxygen atoms in total. The molecule has 2 aromatic rings. The van der Waals surface area contributed by atoms with E-state index in [1.54, 1.807) is 23.5 Å². The molecule has 1 fully saturated rings. The molecule has 1 unspecified atom stereocenters. The van der Waals surface area contributed by atoms with E-state index in [0.717, 1.165) is 34.8 Å². The van der Waals surface area contributed by atoms with Crippen molar-refractivity contribution in [1.29, 1.82) is 0 Å². The summed E-state index contributed by atoms with van der Waals surface area (Å²) in [4.78, 5) is 15.2. The molecule has 1 atom stereocenters. The number of benzene rings is 1. The van der Waals surface area contributed by atoms with Gasteiger partial charge in [-0.05, 0) is 31.9 Å². The molecular formula is C14H15N3O2S. The Morgan fingerprint density at radius 1 is 1.50 bits per heavy atom. The van der Waals surface area contributed by atoms with E-state index in [4.69, 9.17) is 0 Å². The van der Waals surface area contributed by atoms with E-state index >= 15 is 0 Å². The van der Waals surface area contributed by atoms with Crippen LogP contribution < -0.4 is 5.32 Å². The van der Waals surface area contributed by atoms with E-state index in [-0.39, 0.29) is 10.6 Å². The van der Waals surface area contributed by atoms with Crippen molar-refractivity contribution in [2.45, 2.75) is 25.8 Å². The Bertz CT molecular complexity index is 648. The van der Waals surface area contributed by atoms with E-state index in [1.165, 1.54) is 12.5 Å². The lowest BCUT2D eigenvalue weighted by atomic mass is 10.1. The summed E-state index contributed by atoms with van der Waals surface area (Å²) in [5.74, 6) is 0. The number of nitrogens with one attached hydrogen (secondary N) is 1. The fraction of sp³-hybridized carbons (Fsp3) is 0.357. The second-order valence-corrected chi connectivity index (χ2v) is 5.84. The van der Waals surface area contributed by atoms with E-state index in [0.29, 0.717) is 6.04 Å². The molecule has 6 heteroatoms. The van der Waals surface area contributed by atoms with Crippen LogP contribution in [0.4, 0.5) is 5.69 Å². The maximum absolute atomic E-state index is 10.9. The summed E-state index contributed by atoms with van der Waals surface area (Å²) in [6, 6.07) is 5.26. The first kappa shape index (κ1) is 13.2. The third-order valence-corrected chi connectivity index (χ3v) is 4.50. The van der Waals surface area contributed by atoms with Gasteiger partial charge in [0.1, 0.15) is 5.01 Å². The second kappa shape index (κ2) is 5.30. The lowest BCUT2D eigenvalue weighted by molar-refractivity contribution is -0.384. The Morgan fingerprint density at radius 2 is 2.35 bits per heavy atom. The molecule has 0 saturated carbocycles. The molecule has 3 rings (SSSR count). The van der Waals surface area contributed by atoms with Crippen molar-refractivity contribution >= 4 is 17.0 Å². The topological polar surface area (TPSA) is 68.1 Å². The van der Waals surface area contributed by atoms with Gasteiger partial charge < -0.3 is 5.32 Å². The van der Waals surface area contributed by atoms with Crippen molar-refractivity contribution in [3.05, 3.63) is 45.0 Å². The normalized spacial score (nSPS) is 18.4. The van der Waals surface area contributed by atoms with Crippen LogP contribution in [0.25, 0.3) is 10.6 Å². The fourth-order valence-electron chi connectivity index (χ4n) is 2.46. The smallest absolute Gasteiger partial charge is 0.270 e. The summed E-state index contributed by atoms with van der Waals surface area (Å²) < 4.78 is 0. The Morgan fingerprint density at radius 3 is 3.05 bits per heavy atom. The van der Waals surface area contributed by atoms with Crippen LogP contribution in [0.5, 0.6) is 0 Å². The molecular weight excluding hydrogens is 274 g/mol. The molecule has 2 heterocycles. The minimum Gasteiger partial charge on any atom is -0.309 e. The number of aromatic nitrogens is 1. The molecule has 0 spiro atoms. The van der Waals surface area contributed by atoms with Gasteiger partial charge in [-0.2, -0.15) is 0 Å². The fourth-order valence-corrected chi connectivity index (χ4v) is 3.42. The SMILES string of the molecule is Cc1ccc([N+](=O)[O-])cc1-c1nc(C2CCCN2)cs1. The molecule has 1 aromatic carbocycles. The van der Waals surface area contributed by atoms with Crippen molar-refractivity contribution in [3.8, 4) is 10.6 Å². The number of thiazole rings is 1. The number of nitrogens with zero attached hydrogens (tertiary/aromatic N) is 2. The molecule has 1 N–H and O–H groups in total. The quantitative estimate of drug-likeness (QED) is 0.694. The van der Waals surface area contributed by atoms with Crippen LogP contribution in [0.3, 0.4) is 0 Å². The van der Waals surface area contributed by atoms with Gasteiger partial charge in [-0.3, -0.25) is 10.1 Å². The van der Waals surface area contributed by atoms with Gasteiger partial charge in [-0.25, -0.2) is 4.98 Å². The first-order chi connectivity index (χ1) is 9.65. The molecule has 0 radical (unpaired) electrons. The monoisotopic (exact) mass is 289 g/mol. The summed E-state index contributed by atoms with van der Waals surface area (Å²) in [6.45, 7) is 2.99. The van der Waals surface area contributed by atoms with Crippen LogP contribution in [-0.4, -0.2) is 16.5 Å². The summed E-state index contributed by atoms with van der Waals surface area (Å²) in [5.41, 5.74) is 3.03. The molecule has 0 amide bonds. The average molecular weight is 289 g/mol. The Kier molecular flexibility index (Phi) is 3.50. The molecule has 0 aliphatic carbocycles. The number of rotatable bonds is 3. The highest BCUT2D eigenvalue weighted by Gasteiger charge is 2.20. The molecule has 1 saturated heterocycles. The standard InChI is InChI=1S/C14H15N3O2S/c1-9-4-5-10(17(18)19)7-11(9)14-16-13(8-20-14)12-3-2-6-15-12/h4-5,7-8,12,15H,2-3,6H2,1H3. The highest BCUT2D eigenvalue weighted by Crippen LogP contribution is 2.33. The van der Waals surface area contributed by atoms with Crippen LogP contribution in [0.15, 0.2) is 23.6 Å². The molecule has 1 aliphatic heterocycles. The van der Waals surface area contributed by atoms with Gasteiger partial charge in [0.05, 0.1) is 16.7 Å².